The fourth-order valence-electron chi connectivity index (χ4n) is 5.27. The summed E-state index contributed by atoms with van der Waals surface area (Å²) in [4.78, 5) is 43.7. The highest BCUT2D eigenvalue weighted by atomic mass is 19.4. The smallest absolute Gasteiger partial charge is 0.378 e. The van der Waals surface area contributed by atoms with E-state index in [0.29, 0.717) is 0 Å². The van der Waals surface area contributed by atoms with Gasteiger partial charge in [-0.25, -0.2) is 8.78 Å². The molecule has 14 heteroatoms. The van der Waals surface area contributed by atoms with Crippen LogP contribution in [0.25, 0.3) is 10.9 Å². The molecule has 4 N–H and O–H groups in total. The van der Waals surface area contributed by atoms with Crippen LogP contribution in [0, 0.1) is 11.6 Å². The summed E-state index contributed by atoms with van der Waals surface area (Å²) < 4.78 is 76.2. The van der Waals surface area contributed by atoms with Crippen molar-refractivity contribution in [1.29, 1.82) is 0 Å². The lowest BCUT2D eigenvalue weighted by Crippen LogP contribution is -2.42. The number of carbonyl (C=O) groups excluding carboxylic acids is 2. The molecule has 2 saturated heterocycles. The zero-order valence-electron chi connectivity index (χ0n) is 21.6. The number of carbonyl (C=O) groups is 2. The van der Waals surface area contributed by atoms with Crippen molar-refractivity contribution in [2.45, 2.75) is 25.2 Å². The Morgan fingerprint density at radius 3 is 2.49 bits per heavy atom. The van der Waals surface area contributed by atoms with Crippen molar-refractivity contribution in [3.63, 3.8) is 0 Å². The topological polar surface area (TPSA) is 121 Å². The van der Waals surface area contributed by atoms with Crippen LogP contribution in [0.1, 0.15) is 38.3 Å². The van der Waals surface area contributed by atoms with Crippen LogP contribution in [0.2, 0.25) is 0 Å². The standard InChI is InChI=1S/C27H26F5N5O4/c28-20-2-1-16-17(11-21(38)35-23(16)22(20)29)25(39)34-15-3-4-37(13-15)24-18(26(40)36-5-7-41-8-6-36)9-14(12-33)10-19(24)27(30,31)32/h1-2,9-11,15H,3-8,12-13,33H2,(H,34,39)(H,35,38)/t15-/m1/s1. The van der Waals surface area contributed by atoms with Gasteiger partial charge in [0.2, 0.25) is 5.56 Å². The summed E-state index contributed by atoms with van der Waals surface area (Å²) in [5.41, 5.74) is 2.83. The maximum atomic E-state index is 14.3. The molecule has 0 saturated carbocycles. The SMILES string of the molecule is NCc1cc(C(=O)N2CCOCC2)c(N2CC[C@@H](NC(=O)c3cc(=O)[nH]c4c(F)c(F)ccc34)C2)c(C(F)(F)F)c1. The number of morpholine rings is 1. The fourth-order valence-corrected chi connectivity index (χ4v) is 5.27. The molecule has 3 heterocycles. The van der Waals surface area contributed by atoms with Gasteiger partial charge >= 0.3 is 6.18 Å². The summed E-state index contributed by atoms with van der Waals surface area (Å²) >= 11 is 0. The predicted molar refractivity (Wildman–Crippen MR) is 139 cm³/mol. The number of aromatic nitrogens is 1. The van der Waals surface area contributed by atoms with Crippen LogP contribution in [0.3, 0.4) is 0 Å². The van der Waals surface area contributed by atoms with Crippen LogP contribution < -0.4 is 21.5 Å². The molecule has 0 spiro atoms. The highest BCUT2D eigenvalue weighted by molar-refractivity contribution is 6.06. The Bertz CT molecular complexity index is 1570. The number of aromatic amines is 1. The normalized spacial score (nSPS) is 17.8. The monoisotopic (exact) mass is 579 g/mol. The maximum Gasteiger partial charge on any atom is 0.418 e. The second-order valence-electron chi connectivity index (χ2n) is 9.88. The number of alkyl halides is 3. The molecule has 2 aromatic carbocycles. The van der Waals surface area contributed by atoms with Gasteiger partial charge in [0.05, 0.1) is 41.1 Å². The molecule has 1 atom stereocenters. The number of nitrogens with two attached hydrogens (primary N) is 1. The largest absolute Gasteiger partial charge is 0.418 e. The van der Waals surface area contributed by atoms with Gasteiger partial charge in [-0.05, 0) is 36.2 Å². The fraction of sp³-hybridized carbons (Fsp3) is 0.370. The molecule has 0 bridgehead atoms. The minimum atomic E-state index is -4.80. The summed E-state index contributed by atoms with van der Waals surface area (Å²) in [6.07, 6.45) is -4.58. The van der Waals surface area contributed by atoms with Crippen molar-refractivity contribution in [3.8, 4) is 0 Å². The van der Waals surface area contributed by atoms with E-state index in [0.717, 1.165) is 24.3 Å². The average molecular weight is 580 g/mol. The number of nitrogens with zero attached hydrogens (tertiary/aromatic N) is 2. The second-order valence-corrected chi connectivity index (χ2v) is 9.88. The molecule has 41 heavy (non-hydrogen) atoms. The van der Waals surface area contributed by atoms with Gasteiger partial charge in [0.1, 0.15) is 0 Å². The molecule has 0 unspecified atom stereocenters. The van der Waals surface area contributed by atoms with Gasteiger partial charge in [-0.2, -0.15) is 13.2 Å². The number of benzene rings is 2. The first-order valence-corrected chi connectivity index (χ1v) is 12.9. The van der Waals surface area contributed by atoms with Crippen LogP contribution in [0.4, 0.5) is 27.6 Å². The molecule has 2 aliphatic heterocycles. The van der Waals surface area contributed by atoms with Gasteiger partial charge in [-0.1, -0.05) is 0 Å². The van der Waals surface area contributed by atoms with E-state index >= 15 is 0 Å². The third-order valence-corrected chi connectivity index (χ3v) is 7.23. The third kappa shape index (κ3) is 5.61. The minimum absolute atomic E-state index is 0.0361. The summed E-state index contributed by atoms with van der Waals surface area (Å²) in [7, 11) is 0. The van der Waals surface area contributed by atoms with Crippen molar-refractivity contribution in [2.75, 3.05) is 44.3 Å². The Balaban J connectivity index is 1.46. The van der Waals surface area contributed by atoms with Gasteiger partial charge in [-0.3, -0.25) is 14.4 Å². The van der Waals surface area contributed by atoms with E-state index in [1.54, 1.807) is 0 Å². The third-order valence-electron chi connectivity index (χ3n) is 7.23. The first kappa shape index (κ1) is 28.5. The van der Waals surface area contributed by atoms with Crippen LogP contribution in [0.15, 0.2) is 35.1 Å². The molecular formula is C27H26F5N5O4. The highest BCUT2D eigenvalue weighted by Crippen LogP contribution is 2.41. The number of halogens is 5. The number of pyridine rings is 1. The lowest BCUT2D eigenvalue weighted by atomic mass is 9.99. The predicted octanol–water partition coefficient (Wildman–Crippen LogP) is 2.76. The van der Waals surface area contributed by atoms with Crippen molar-refractivity contribution in [1.82, 2.24) is 15.2 Å². The van der Waals surface area contributed by atoms with Gasteiger partial charge in [-0.15, -0.1) is 0 Å². The lowest BCUT2D eigenvalue weighted by molar-refractivity contribution is -0.137. The lowest BCUT2D eigenvalue weighted by Gasteiger charge is -2.31. The van der Waals surface area contributed by atoms with E-state index < -0.39 is 52.3 Å². The summed E-state index contributed by atoms with van der Waals surface area (Å²) in [5, 5.41) is 2.64. The molecule has 2 aliphatic rings. The Morgan fingerprint density at radius 2 is 1.80 bits per heavy atom. The molecule has 0 radical (unpaired) electrons. The number of hydrogen-bond donors (Lipinski definition) is 3. The van der Waals surface area contributed by atoms with E-state index in [1.165, 1.54) is 15.9 Å². The number of ether oxygens (including phenoxy) is 1. The zero-order chi connectivity index (χ0) is 29.5. The number of hydrogen-bond acceptors (Lipinski definition) is 6. The number of H-pyrrole nitrogens is 1. The van der Waals surface area contributed by atoms with E-state index in [9.17, 15) is 36.3 Å². The van der Waals surface area contributed by atoms with Crippen LogP contribution in [-0.2, 0) is 17.5 Å². The number of rotatable bonds is 5. The molecule has 3 aromatic rings. The van der Waals surface area contributed by atoms with E-state index in [-0.39, 0.29) is 80.1 Å². The molecule has 1 aromatic heterocycles. The van der Waals surface area contributed by atoms with E-state index in [4.69, 9.17) is 10.5 Å². The second kappa shape index (κ2) is 11.1. The molecule has 2 fully saturated rings. The molecule has 2 amide bonds. The first-order valence-electron chi connectivity index (χ1n) is 12.9. The minimum Gasteiger partial charge on any atom is -0.378 e. The van der Waals surface area contributed by atoms with E-state index in [1.807, 2.05) is 0 Å². The molecule has 9 nitrogen and oxygen atoms in total. The first-order chi connectivity index (χ1) is 19.5. The molecular weight excluding hydrogens is 553 g/mol. The van der Waals surface area contributed by atoms with Gasteiger partial charge in [0, 0.05) is 50.2 Å². The van der Waals surface area contributed by atoms with Crippen LogP contribution in [-0.4, -0.2) is 67.1 Å². The Kier molecular flexibility index (Phi) is 7.70. The number of amides is 2. The van der Waals surface area contributed by atoms with E-state index in [2.05, 4.69) is 10.3 Å². The summed E-state index contributed by atoms with van der Waals surface area (Å²) in [6, 6.07) is 4.52. The van der Waals surface area contributed by atoms with Crippen LogP contribution >= 0.6 is 0 Å². The highest BCUT2D eigenvalue weighted by Gasteiger charge is 2.40. The van der Waals surface area contributed by atoms with Crippen LogP contribution in [0.5, 0.6) is 0 Å². The summed E-state index contributed by atoms with van der Waals surface area (Å²) in [5.74, 6) is -3.89. The molecule has 0 aliphatic carbocycles. The molecule has 218 valence electrons. The van der Waals surface area contributed by atoms with Gasteiger partial charge in [0.15, 0.2) is 11.6 Å². The molecule has 5 rings (SSSR count). The van der Waals surface area contributed by atoms with Crippen molar-refractivity contribution in [2.24, 2.45) is 5.73 Å². The van der Waals surface area contributed by atoms with Gasteiger partial charge in [0.25, 0.3) is 11.8 Å². The van der Waals surface area contributed by atoms with Crippen molar-refractivity contribution in [3.05, 3.63) is 74.6 Å². The maximum absolute atomic E-state index is 14.3. The Labute approximate surface area is 230 Å². The zero-order valence-corrected chi connectivity index (χ0v) is 21.6. The number of anilines is 1. The number of nitrogens with one attached hydrogen (secondary N) is 2. The quantitative estimate of drug-likeness (QED) is 0.400. The Morgan fingerprint density at radius 1 is 1.07 bits per heavy atom. The number of fused-ring (bicyclic) bond motifs is 1. The Hall–Kier alpha value is -4.04. The average Bonchev–Trinajstić information content (AvgIpc) is 3.41. The van der Waals surface area contributed by atoms with Crippen molar-refractivity contribution >= 4 is 28.4 Å². The summed E-state index contributed by atoms with van der Waals surface area (Å²) in [6.45, 7) is 0.754. The van der Waals surface area contributed by atoms with Crippen molar-refractivity contribution < 1.29 is 36.3 Å². The van der Waals surface area contributed by atoms with Gasteiger partial charge < -0.3 is 30.6 Å².